The monoisotopic (exact) mass is 274 g/mol. The van der Waals surface area contributed by atoms with Gasteiger partial charge in [0.1, 0.15) is 12.3 Å². The van der Waals surface area contributed by atoms with Gasteiger partial charge >= 0.3 is 0 Å². The summed E-state index contributed by atoms with van der Waals surface area (Å²) in [6, 6.07) is 5.44. The second-order valence-corrected chi connectivity index (χ2v) is 5.08. The summed E-state index contributed by atoms with van der Waals surface area (Å²) in [4.78, 5) is 35.8. The third-order valence-electron chi connectivity index (χ3n) is 3.60. The minimum Gasteiger partial charge on any atom is -0.362 e. The van der Waals surface area contributed by atoms with E-state index in [9.17, 15) is 14.4 Å². The number of imide groups is 1. The second kappa shape index (κ2) is 5.86. The number of anilines is 1. The molecule has 0 saturated carbocycles. The number of nitrogens with one attached hydrogen (secondary N) is 1. The molecule has 1 atom stereocenters. The van der Waals surface area contributed by atoms with Crippen molar-refractivity contribution in [3.05, 3.63) is 29.3 Å². The van der Waals surface area contributed by atoms with Crippen molar-refractivity contribution < 1.29 is 14.4 Å². The van der Waals surface area contributed by atoms with Gasteiger partial charge in [0.15, 0.2) is 0 Å². The Morgan fingerprint density at radius 1 is 1.40 bits per heavy atom. The zero-order valence-corrected chi connectivity index (χ0v) is 11.7. The summed E-state index contributed by atoms with van der Waals surface area (Å²) in [5, 5.41) is 2.35. The number of aryl methyl sites for hydroxylation is 1. The van der Waals surface area contributed by atoms with Crippen molar-refractivity contribution in [3.63, 3.8) is 0 Å². The number of nitrogens with zero attached hydrogens (tertiary/aromatic N) is 1. The van der Waals surface area contributed by atoms with Gasteiger partial charge in [-0.05, 0) is 25.0 Å². The van der Waals surface area contributed by atoms with Gasteiger partial charge in [0.05, 0.1) is 0 Å². The molecule has 2 rings (SSSR count). The van der Waals surface area contributed by atoms with Gasteiger partial charge in [-0.2, -0.15) is 0 Å². The van der Waals surface area contributed by atoms with E-state index in [1.165, 1.54) is 0 Å². The molecule has 1 unspecified atom stereocenters. The number of piperidine rings is 1. The molecule has 2 amide bonds. The van der Waals surface area contributed by atoms with Gasteiger partial charge in [-0.25, -0.2) is 0 Å². The van der Waals surface area contributed by atoms with Gasteiger partial charge in [0, 0.05) is 25.6 Å². The summed E-state index contributed by atoms with van der Waals surface area (Å²) >= 11 is 0. The highest BCUT2D eigenvalue weighted by Gasteiger charge is 2.30. The van der Waals surface area contributed by atoms with E-state index in [0.29, 0.717) is 19.3 Å². The van der Waals surface area contributed by atoms with Crippen molar-refractivity contribution in [2.24, 2.45) is 0 Å². The third kappa shape index (κ3) is 2.87. The van der Waals surface area contributed by atoms with Crippen LogP contribution < -0.4 is 10.2 Å². The summed E-state index contributed by atoms with van der Waals surface area (Å²) in [5.41, 5.74) is 2.83. The first-order chi connectivity index (χ1) is 9.52. The molecule has 1 saturated heterocycles. The maximum Gasteiger partial charge on any atom is 0.249 e. The summed E-state index contributed by atoms with van der Waals surface area (Å²) in [7, 11) is 1.82. The van der Waals surface area contributed by atoms with Crippen LogP contribution in [-0.4, -0.2) is 31.2 Å². The smallest absolute Gasteiger partial charge is 0.249 e. The van der Waals surface area contributed by atoms with Crippen LogP contribution in [0, 0.1) is 6.92 Å². The second-order valence-electron chi connectivity index (χ2n) is 5.08. The molecule has 106 valence electrons. The molecule has 20 heavy (non-hydrogen) atoms. The topological polar surface area (TPSA) is 66.5 Å². The van der Waals surface area contributed by atoms with Crippen LogP contribution in [0.5, 0.6) is 0 Å². The maximum atomic E-state index is 11.9. The molecular formula is C15H18N2O3. The normalized spacial score (nSPS) is 18.6. The number of likely N-dealkylation sites (N-methyl/N-ethyl adjacent to an activating group) is 1. The molecule has 1 fully saturated rings. The van der Waals surface area contributed by atoms with E-state index in [-0.39, 0.29) is 17.9 Å². The number of carbonyl (C=O) groups excluding carboxylic acids is 3. The van der Waals surface area contributed by atoms with Gasteiger partial charge in [0.2, 0.25) is 11.8 Å². The van der Waals surface area contributed by atoms with Crippen LogP contribution in [0.15, 0.2) is 18.2 Å². The number of hydrogen-bond donors (Lipinski definition) is 1. The van der Waals surface area contributed by atoms with E-state index in [1.807, 2.05) is 37.1 Å². The van der Waals surface area contributed by atoms with Gasteiger partial charge in [-0.1, -0.05) is 17.7 Å². The van der Waals surface area contributed by atoms with Crippen LogP contribution in [0.4, 0.5) is 5.69 Å². The fourth-order valence-electron chi connectivity index (χ4n) is 2.53. The van der Waals surface area contributed by atoms with E-state index in [2.05, 4.69) is 5.32 Å². The third-order valence-corrected chi connectivity index (χ3v) is 3.60. The lowest BCUT2D eigenvalue weighted by molar-refractivity contribution is -0.134. The standard InChI is InChI=1S/C15H18N2O3/c1-10-3-4-12(11(9-10)7-8-18)17(2)13-5-6-14(19)16-15(13)20/h3-4,8-9,13H,5-7H2,1-2H3,(H,16,19,20). The van der Waals surface area contributed by atoms with Crippen LogP contribution in [0.1, 0.15) is 24.0 Å². The molecule has 0 aliphatic carbocycles. The fourth-order valence-corrected chi connectivity index (χ4v) is 2.53. The first-order valence-electron chi connectivity index (χ1n) is 6.62. The summed E-state index contributed by atoms with van der Waals surface area (Å²) in [6.07, 6.45) is 2.01. The number of carbonyl (C=O) groups is 3. The Balaban J connectivity index is 2.28. The van der Waals surface area contributed by atoms with Gasteiger partial charge in [0.25, 0.3) is 0 Å². The summed E-state index contributed by atoms with van der Waals surface area (Å²) in [6.45, 7) is 1.96. The number of hydrogen-bond acceptors (Lipinski definition) is 4. The molecule has 1 N–H and O–H groups in total. The van der Waals surface area contributed by atoms with Crippen molar-refractivity contribution in [2.45, 2.75) is 32.2 Å². The molecule has 1 aromatic carbocycles. The Bertz CT molecular complexity index is 554. The van der Waals surface area contributed by atoms with E-state index in [4.69, 9.17) is 0 Å². The molecule has 1 aromatic rings. The Hall–Kier alpha value is -2.17. The Labute approximate surface area is 118 Å². The Morgan fingerprint density at radius 2 is 2.15 bits per heavy atom. The van der Waals surface area contributed by atoms with Crippen molar-refractivity contribution >= 4 is 23.8 Å². The zero-order chi connectivity index (χ0) is 14.7. The molecule has 5 nitrogen and oxygen atoms in total. The van der Waals surface area contributed by atoms with E-state index in [0.717, 1.165) is 23.1 Å². The van der Waals surface area contributed by atoms with Gasteiger partial charge in [-0.3, -0.25) is 14.9 Å². The lowest BCUT2D eigenvalue weighted by Crippen LogP contribution is -2.51. The van der Waals surface area contributed by atoms with Crippen molar-refractivity contribution in [2.75, 3.05) is 11.9 Å². The molecule has 1 aliphatic rings. The quantitative estimate of drug-likeness (QED) is 0.656. The molecule has 5 heteroatoms. The number of aldehydes is 1. The highest BCUT2D eigenvalue weighted by Crippen LogP contribution is 2.25. The SMILES string of the molecule is Cc1ccc(N(C)C2CCC(=O)NC2=O)c(CC=O)c1. The zero-order valence-electron chi connectivity index (χ0n) is 11.7. The molecular weight excluding hydrogens is 256 g/mol. The average molecular weight is 274 g/mol. The van der Waals surface area contributed by atoms with Crippen molar-refractivity contribution in [3.8, 4) is 0 Å². The summed E-state index contributed by atoms with van der Waals surface area (Å²) < 4.78 is 0. The molecule has 0 radical (unpaired) electrons. The molecule has 1 aliphatic heterocycles. The highest BCUT2D eigenvalue weighted by atomic mass is 16.2. The number of rotatable bonds is 4. The minimum absolute atomic E-state index is 0.225. The Kier molecular flexibility index (Phi) is 4.17. The largest absolute Gasteiger partial charge is 0.362 e. The highest BCUT2D eigenvalue weighted by molar-refractivity contribution is 6.01. The van der Waals surface area contributed by atoms with Crippen LogP contribution in [0.25, 0.3) is 0 Å². The predicted octanol–water partition coefficient (Wildman–Crippen LogP) is 0.978. The molecule has 1 heterocycles. The van der Waals surface area contributed by atoms with Crippen LogP contribution in [-0.2, 0) is 20.8 Å². The maximum absolute atomic E-state index is 11.9. The van der Waals surface area contributed by atoms with Crippen LogP contribution >= 0.6 is 0 Å². The summed E-state index contributed by atoms with van der Waals surface area (Å²) in [5.74, 6) is -0.502. The molecule has 0 bridgehead atoms. The van der Waals surface area contributed by atoms with Crippen molar-refractivity contribution in [1.82, 2.24) is 5.32 Å². The van der Waals surface area contributed by atoms with E-state index < -0.39 is 0 Å². The van der Waals surface area contributed by atoms with Gasteiger partial charge in [-0.15, -0.1) is 0 Å². The first kappa shape index (κ1) is 14.2. The van der Waals surface area contributed by atoms with Crippen LogP contribution in [0.2, 0.25) is 0 Å². The average Bonchev–Trinajstić information content (AvgIpc) is 2.38. The Morgan fingerprint density at radius 3 is 2.80 bits per heavy atom. The number of amides is 2. The van der Waals surface area contributed by atoms with E-state index in [1.54, 1.807) is 0 Å². The molecule has 0 spiro atoms. The fraction of sp³-hybridized carbons (Fsp3) is 0.400. The number of benzene rings is 1. The first-order valence-corrected chi connectivity index (χ1v) is 6.62. The lowest BCUT2D eigenvalue weighted by atomic mass is 10.0. The van der Waals surface area contributed by atoms with Crippen LogP contribution in [0.3, 0.4) is 0 Å². The minimum atomic E-state index is -0.374. The molecule has 0 aromatic heterocycles. The van der Waals surface area contributed by atoms with Crippen molar-refractivity contribution in [1.29, 1.82) is 0 Å². The van der Waals surface area contributed by atoms with E-state index >= 15 is 0 Å². The predicted molar refractivity (Wildman–Crippen MR) is 75.5 cm³/mol. The lowest BCUT2D eigenvalue weighted by Gasteiger charge is -2.32. The van der Waals surface area contributed by atoms with Gasteiger partial charge < -0.3 is 9.69 Å².